The minimum atomic E-state index is 0.284. The first-order valence-electron chi connectivity index (χ1n) is 19.4. The molecule has 0 radical (unpaired) electrons. The van der Waals surface area contributed by atoms with Crippen molar-refractivity contribution in [2.75, 3.05) is 0 Å². The van der Waals surface area contributed by atoms with Crippen LogP contribution in [0, 0.1) is 17.3 Å². The van der Waals surface area contributed by atoms with Gasteiger partial charge in [0.15, 0.2) is 0 Å². The lowest BCUT2D eigenvalue weighted by Crippen LogP contribution is -2.11. The smallest absolute Gasteiger partial charge is 0.0267 e. The molecule has 2 unspecified atom stereocenters. The van der Waals surface area contributed by atoms with E-state index in [1.165, 1.54) is 107 Å². The van der Waals surface area contributed by atoms with Crippen molar-refractivity contribution in [3.8, 4) is 0 Å². The van der Waals surface area contributed by atoms with Gasteiger partial charge in [-0.25, -0.2) is 0 Å². The lowest BCUT2D eigenvalue weighted by molar-refractivity contribution is 0.363. The average Bonchev–Trinajstić information content (AvgIpc) is 3.97. The first-order chi connectivity index (χ1) is 23.8. The fourth-order valence-corrected chi connectivity index (χ4v) is 8.82. The monoisotopic (exact) mass is 672 g/mol. The van der Waals surface area contributed by atoms with E-state index in [2.05, 4.69) is 132 Å². The molecule has 2 aliphatic carbocycles. The Balaban J connectivity index is 0.00000265. The molecule has 0 N–H and O–H groups in total. The van der Waals surface area contributed by atoms with Crippen molar-refractivity contribution in [3.63, 3.8) is 0 Å². The number of allylic oxidation sites excluding steroid dienone is 11. The number of rotatable bonds is 14. The van der Waals surface area contributed by atoms with Crippen molar-refractivity contribution in [3.05, 3.63) is 148 Å². The lowest BCUT2D eigenvalue weighted by Gasteiger charge is -2.24. The molecule has 0 amide bonds. The third-order valence-electron chi connectivity index (χ3n) is 11.0. The van der Waals surface area contributed by atoms with Gasteiger partial charge in [-0.05, 0) is 120 Å². The Morgan fingerprint density at radius 3 is 2.29 bits per heavy atom. The van der Waals surface area contributed by atoms with Crippen LogP contribution >= 0.6 is 11.8 Å². The highest BCUT2D eigenvalue weighted by Gasteiger charge is 2.45. The number of hydrogen-bond acceptors (Lipinski definition) is 1. The molecule has 3 atom stereocenters. The quantitative estimate of drug-likeness (QED) is 0.0833. The molecule has 5 rings (SSSR count). The number of hydrogen-bond donors (Lipinski definition) is 0. The Morgan fingerprint density at radius 1 is 0.898 bits per heavy atom. The summed E-state index contributed by atoms with van der Waals surface area (Å²) in [5.74, 6) is 2.42. The Kier molecular flexibility index (Phi) is 15.3. The van der Waals surface area contributed by atoms with Crippen LogP contribution in [0.2, 0.25) is 0 Å². The van der Waals surface area contributed by atoms with Crippen molar-refractivity contribution in [2.24, 2.45) is 17.3 Å². The second kappa shape index (κ2) is 19.4. The van der Waals surface area contributed by atoms with Gasteiger partial charge in [0.05, 0.1) is 0 Å². The van der Waals surface area contributed by atoms with Crippen LogP contribution in [0.1, 0.15) is 141 Å². The van der Waals surface area contributed by atoms with E-state index in [-0.39, 0.29) is 5.41 Å². The van der Waals surface area contributed by atoms with Gasteiger partial charge in [0.25, 0.3) is 0 Å². The molecule has 1 aliphatic heterocycles. The Hall–Kier alpha value is -3.03. The first kappa shape index (κ1) is 38.8. The summed E-state index contributed by atoms with van der Waals surface area (Å²) < 4.78 is 0. The molecule has 1 heteroatoms. The molecule has 0 aromatic heterocycles. The molecule has 1 heterocycles. The van der Waals surface area contributed by atoms with Crippen LogP contribution < -0.4 is 0 Å². The standard InChI is InChI=1S/C46H58S.C2H6/c1-7-8-19-42(33-46(31-32-46)37(6)18-13-12-17-36(5)39-20-10-9-11-21-39)45-43(40-29-27-38(28-30-40)34(2)3)23-15-24-44(47-45)41-22-14-16-35(4)25-26-41;1-2/h7-11,15,19-21,23-24,27-30,33-34,36-37,41H,1,4,12-14,16-18,22,25-26,31-32H2,2-3,5-6H3;1-2H3/b19-8-,42-33+;/t36-,37?,41?;/m1./s1. The highest BCUT2D eigenvalue weighted by atomic mass is 32.2. The van der Waals surface area contributed by atoms with Gasteiger partial charge < -0.3 is 0 Å². The van der Waals surface area contributed by atoms with Gasteiger partial charge in [-0.15, -0.1) is 0 Å². The Labute approximate surface area is 305 Å². The third-order valence-corrected chi connectivity index (χ3v) is 12.4. The summed E-state index contributed by atoms with van der Waals surface area (Å²) in [5, 5.41) is 0. The molecule has 262 valence electrons. The summed E-state index contributed by atoms with van der Waals surface area (Å²) in [5.41, 5.74) is 8.60. The first-order valence-corrected chi connectivity index (χ1v) is 20.3. The zero-order valence-corrected chi connectivity index (χ0v) is 32.5. The minimum Gasteiger partial charge on any atom is -0.0999 e. The van der Waals surface area contributed by atoms with Crippen molar-refractivity contribution >= 4 is 17.3 Å². The summed E-state index contributed by atoms with van der Waals surface area (Å²) in [6, 6.07) is 20.4. The molecule has 0 nitrogen and oxygen atoms in total. The topological polar surface area (TPSA) is 0 Å². The fraction of sp³-hybridized carbons (Fsp3) is 0.458. The summed E-state index contributed by atoms with van der Waals surface area (Å²) in [4.78, 5) is 2.92. The van der Waals surface area contributed by atoms with Crippen molar-refractivity contribution in [1.29, 1.82) is 0 Å². The van der Waals surface area contributed by atoms with E-state index < -0.39 is 0 Å². The number of benzene rings is 2. The predicted octanol–water partition coefficient (Wildman–Crippen LogP) is 15.3. The van der Waals surface area contributed by atoms with Crippen LogP contribution in [0.4, 0.5) is 0 Å². The van der Waals surface area contributed by atoms with E-state index >= 15 is 0 Å². The van der Waals surface area contributed by atoms with E-state index in [0.717, 1.165) is 6.42 Å². The minimum absolute atomic E-state index is 0.284. The largest absolute Gasteiger partial charge is 0.0999 e. The van der Waals surface area contributed by atoms with Crippen molar-refractivity contribution < 1.29 is 0 Å². The highest BCUT2D eigenvalue weighted by Crippen LogP contribution is 2.57. The van der Waals surface area contributed by atoms with Gasteiger partial charge in [-0.1, -0.05) is 182 Å². The molecule has 2 aromatic rings. The van der Waals surface area contributed by atoms with Gasteiger partial charge in [-0.3, -0.25) is 0 Å². The maximum absolute atomic E-state index is 4.36. The molecule has 0 bridgehead atoms. The lowest BCUT2D eigenvalue weighted by atomic mass is 9.83. The second-order valence-electron chi connectivity index (χ2n) is 14.9. The van der Waals surface area contributed by atoms with Crippen LogP contribution in [0.15, 0.2) is 131 Å². The summed E-state index contributed by atoms with van der Waals surface area (Å²) in [7, 11) is 0. The van der Waals surface area contributed by atoms with E-state index in [4.69, 9.17) is 0 Å². The Bertz CT molecular complexity index is 1500. The third kappa shape index (κ3) is 11.0. The van der Waals surface area contributed by atoms with Crippen LogP contribution in [-0.2, 0) is 0 Å². The van der Waals surface area contributed by atoms with E-state index in [1.54, 1.807) is 0 Å². The van der Waals surface area contributed by atoms with Crippen molar-refractivity contribution in [1.82, 2.24) is 0 Å². The summed E-state index contributed by atoms with van der Waals surface area (Å²) in [6.45, 7) is 21.9. The molecule has 0 spiro atoms. The molecule has 49 heavy (non-hydrogen) atoms. The van der Waals surface area contributed by atoms with E-state index in [9.17, 15) is 0 Å². The van der Waals surface area contributed by atoms with E-state index in [1.807, 2.05) is 31.7 Å². The SMILES string of the molecule is C=C/C=C\C(=C/C1(C(C)CCCC[C@@H](C)c2ccccc2)CC1)C1=C(c2ccc(C(C)C)cc2)C=CC=C(C2CCCC(=C)CC2)S1.CC. The van der Waals surface area contributed by atoms with Crippen molar-refractivity contribution in [2.45, 2.75) is 124 Å². The highest BCUT2D eigenvalue weighted by molar-refractivity contribution is 8.07. The average molecular weight is 673 g/mol. The normalized spacial score (nSPS) is 20.6. The van der Waals surface area contributed by atoms with Gasteiger partial charge in [0, 0.05) is 4.91 Å². The fourth-order valence-electron chi connectivity index (χ4n) is 7.49. The van der Waals surface area contributed by atoms with Gasteiger partial charge in [-0.2, -0.15) is 0 Å². The van der Waals surface area contributed by atoms with Gasteiger partial charge >= 0.3 is 0 Å². The predicted molar refractivity (Wildman–Crippen MR) is 221 cm³/mol. The van der Waals surface area contributed by atoms with Crippen LogP contribution in [-0.4, -0.2) is 0 Å². The Morgan fingerprint density at radius 2 is 1.61 bits per heavy atom. The van der Waals surface area contributed by atoms with Crippen LogP contribution in [0.3, 0.4) is 0 Å². The maximum Gasteiger partial charge on any atom is 0.0267 e. The molecule has 2 fully saturated rings. The number of thioether (sulfide) groups is 1. The maximum atomic E-state index is 4.36. The van der Waals surface area contributed by atoms with Gasteiger partial charge in [0.1, 0.15) is 0 Å². The van der Waals surface area contributed by atoms with Crippen LogP contribution in [0.25, 0.3) is 5.57 Å². The zero-order valence-electron chi connectivity index (χ0n) is 31.6. The zero-order chi connectivity index (χ0) is 35.2. The molecule has 3 aliphatic rings. The molecule has 2 aromatic carbocycles. The second-order valence-corrected chi connectivity index (χ2v) is 15.9. The molecule has 2 saturated carbocycles. The van der Waals surface area contributed by atoms with Gasteiger partial charge in [0.2, 0.25) is 0 Å². The number of unbranched alkanes of at least 4 members (excludes halogenated alkanes) is 1. The molecular formula is C48H64S. The van der Waals surface area contributed by atoms with Crippen LogP contribution in [0.5, 0.6) is 0 Å². The van der Waals surface area contributed by atoms with E-state index in [0.29, 0.717) is 23.7 Å². The molecule has 0 saturated heterocycles. The summed E-state index contributed by atoms with van der Waals surface area (Å²) >= 11 is 2.04. The molecular weight excluding hydrogens is 609 g/mol. The summed E-state index contributed by atoms with van der Waals surface area (Å²) in [6.07, 6.45) is 30.0.